The molecule has 2 amide bonds. The van der Waals surface area contributed by atoms with Crippen LogP contribution in [0.25, 0.3) is 11.0 Å². The number of halogens is 1. The Morgan fingerprint density at radius 2 is 1.65 bits per heavy atom. The monoisotopic (exact) mass is 432 g/mol. The Hall–Kier alpha value is -3.64. The third-order valence-corrected chi connectivity index (χ3v) is 5.26. The summed E-state index contributed by atoms with van der Waals surface area (Å²) >= 11 is 5.88. The van der Waals surface area contributed by atoms with Crippen LogP contribution in [0.4, 0.5) is 5.69 Å². The van der Waals surface area contributed by atoms with E-state index >= 15 is 0 Å². The molecule has 156 valence electrons. The molecule has 1 aromatic heterocycles. The lowest BCUT2D eigenvalue weighted by atomic mass is 10.2. The Morgan fingerprint density at radius 3 is 2.39 bits per heavy atom. The summed E-state index contributed by atoms with van der Waals surface area (Å²) in [6.07, 6.45) is 0.593. The molecule has 4 rings (SSSR count). The van der Waals surface area contributed by atoms with E-state index < -0.39 is 0 Å². The second-order valence-corrected chi connectivity index (χ2v) is 7.56. The number of carbonyl (C=O) groups is 2. The van der Waals surface area contributed by atoms with E-state index in [1.165, 1.54) is 0 Å². The maximum Gasteiger partial charge on any atom is 0.255 e. The lowest BCUT2D eigenvalue weighted by molar-refractivity contribution is 0.0953. The number of benzene rings is 3. The largest absolute Gasteiger partial charge is 0.352 e. The number of aromatic nitrogens is 2. The van der Waals surface area contributed by atoms with Crippen molar-refractivity contribution in [2.45, 2.75) is 6.42 Å². The third-order valence-electron chi connectivity index (χ3n) is 5.01. The first kappa shape index (κ1) is 20.6. The van der Waals surface area contributed by atoms with Crippen molar-refractivity contribution in [3.05, 3.63) is 94.8 Å². The van der Waals surface area contributed by atoms with E-state index in [4.69, 9.17) is 11.6 Å². The minimum Gasteiger partial charge on any atom is -0.352 e. The summed E-state index contributed by atoms with van der Waals surface area (Å²) in [7, 11) is 1.94. The number of nitrogens with one attached hydrogen (secondary N) is 2. The highest BCUT2D eigenvalue weighted by Crippen LogP contribution is 2.21. The van der Waals surface area contributed by atoms with Crippen LogP contribution in [0.2, 0.25) is 5.02 Å². The van der Waals surface area contributed by atoms with E-state index in [2.05, 4.69) is 15.6 Å². The van der Waals surface area contributed by atoms with Crippen molar-refractivity contribution in [1.82, 2.24) is 14.9 Å². The molecule has 4 aromatic rings. The molecule has 6 nitrogen and oxygen atoms in total. The highest BCUT2D eigenvalue weighted by Gasteiger charge is 2.11. The van der Waals surface area contributed by atoms with Gasteiger partial charge in [0.25, 0.3) is 11.8 Å². The topological polar surface area (TPSA) is 76.0 Å². The number of fused-ring (bicyclic) bond motifs is 1. The number of carbonyl (C=O) groups excluding carboxylic acids is 2. The Morgan fingerprint density at radius 1 is 0.935 bits per heavy atom. The summed E-state index contributed by atoms with van der Waals surface area (Å²) in [6.45, 7) is 0.477. The zero-order valence-corrected chi connectivity index (χ0v) is 17.7. The van der Waals surface area contributed by atoms with Crippen LogP contribution >= 0.6 is 11.6 Å². The molecule has 0 bridgehead atoms. The van der Waals surface area contributed by atoms with Crippen molar-refractivity contribution in [3.8, 4) is 0 Å². The van der Waals surface area contributed by atoms with Gasteiger partial charge in [0.1, 0.15) is 5.82 Å². The van der Waals surface area contributed by atoms with Crippen molar-refractivity contribution in [2.24, 2.45) is 7.05 Å². The van der Waals surface area contributed by atoms with Crippen molar-refractivity contribution in [1.29, 1.82) is 0 Å². The van der Waals surface area contributed by atoms with Gasteiger partial charge in [-0.25, -0.2) is 4.98 Å². The van der Waals surface area contributed by atoms with Crippen molar-refractivity contribution < 1.29 is 9.59 Å². The van der Waals surface area contributed by atoms with E-state index in [1.807, 2.05) is 48.0 Å². The summed E-state index contributed by atoms with van der Waals surface area (Å²) in [6, 6.07) is 21.4. The van der Waals surface area contributed by atoms with Crippen LogP contribution in [0.1, 0.15) is 26.5 Å². The standard InChI is InChI=1S/C24H21ClN4O2/c1-29-21-12-11-19(27-24(31)17-7-9-18(25)10-8-17)15-20(21)28-22(29)13-14-26-23(30)16-5-3-2-4-6-16/h2-12,15H,13-14H2,1H3,(H,26,30)(H,27,31). The van der Waals surface area contributed by atoms with Gasteiger partial charge in [0.15, 0.2) is 0 Å². The van der Waals surface area contributed by atoms with Crippen molar-refractivity contribution in [3.63, 3.8) is 0 Å². The number of hydrogen-bond acceptors (Lipinski definition) is 3. The molecule has 2 N–H and O–H groups in total. The summed E-state index contributed by atoms with van der Waals surface area (Å²) < 4.78 is 1.99. The molecule has 0 aliphatic carbocycles. The zero-order valence-electron chi connectivity index (χ0n) is 16.9. The fourth-order valence-electron chi connectivity index (χ4n) is 3.34. The maximum absolute atomic E-state index is 12.4. The van der Waals surface area contributed by atoms with Crippen LogP contribution in [-0.2, 0) is 13.5 Å². The van der Waals surface area contributed by atoms with Gasteiger partial charge >= 0.3 is 0 Å². The molecule has 7 heteroatoms. The molecule has 0 aliphatic rings. The Balaban J connectivity index is 1.43. The first-order valence-electron chi connectivity index (χ1n) is 9.87. The van der Waals surface area contributed by atoms with E-state index in [0.29, 0.717) is 34.8 Å². The van der Waals surface area contributed by atoms with Gasteiger partial charge in [-0.2, -0.15) is 0 Å². The number of anilines is 1. The average molecular weight is 433 g/mol. The third kappa shape index (κ3) is 4.75. The maximum atomic E-state index is 12.4. The molecule has 1 heterocycles. The summed E-state index contributed by atoms with van der Waals surface area (Å²) in [4.78, 5) is 29.3. The summed E-state index contributed by atoms with van der Waals surface area (Å²) in [5.74, 6) is 0.534. The van der Waals surface area contributed by atoms with Crippen molar-refractivity contribution in [2.75, 3.05) is 11.9 Å². The summed E-state index contributed by atoms with van der Waals surface area (Å²) in [5, 5.41) is 6.39. The summed E-state index contributed by atoms with van der Waals surface area (Å²) in [5.41, 5.74) is 3.55. The van der Waals surface area contributed by atoms with Crippen molar-refractivity contribution >= 4 is 40.1 Å². The number of nitrogens with zero attached hydrogens (tertiary/aromatic N) is 2. The quantitative estimate of drug-likeness (QED) is 0.472. The zero-order chi connectivity index (χ0) is 21.8. The predicted octanol–water partition coefficient (Wildman–Crippen LogP) is 4.45. The van der Waals surface area contributed by atoms with E-state index in [0.717, 1.165) is 16.9 Å². The number of amides is 2. The molecule has 0 saturated heterocycles. The van der Waals surface area contributed by atoms with Gasteiger partial charge in [-0.15, -0.1) is 0 Å². The molecule has 0 atom stereocenters. The Kier molecular flexibility index (Phi) is 6.00. The first-order valence-corrected chi connectivity index (χ1v) is 10.2. The Labute approximate surface area is 184 Å². The van der Waals surface area contributed by atoms with E-state index in [1.54, 1.807) is 36.4 Å². The molecule has 0 saturated carbocycles. The number of aryl methyl sites for hydroxylation is 1. The first-order chi connectivity index (χ1) is 15.0. The fourth-order valence-corrected chi connectivity index (χ4v) is 3.46. The SMILES string of the molecule is Cn1c(CCNC(=O)c2ccccc2)nc2cc(NC(=O)c3ccc(Cl)cc3)ccc21. The lowest BCUT2D eigenvalue weighted by Gasteiger charge is -2.06. The van der Waals surface area contributed by atoms with E-state index in [-0.39, 0.29) is 11.8 Å². The molecule has 0 fully saturated rings. The molecular formula is C24H21ClN4O2. The Bertz CT molecular complexity index is 1230. The molecule has 0 unspecified atom stereocenters. The average Bonchev–Trinajstić information content (AvgIpc) is 3.09. The van der Waals surface area contributed by atoms with Crippen LogP contribution in [-0.4, -0.2) is 27.9 Å². The highest BCUT2D eigenvalue weighted by molar-refractivity contribution is 6.30. The van der Waals surface area contributed by atoms with Gasteiger partial charge in [-0.3, -0.25) is 9.59 Å². The van der Waals surface area contributed by atoms with Crippen LogP contribution in [0, 0.1) is 0 Å². The predicted molar refractivity (Wildman–Crippen MR) is 123 cm³/mol. The van der Waals surface area contributed by atoms with Gasteiger partial charge < -0.3 is 15.2 Å². The minimum atomic E-state index is -0.212. The van der Waals surface area contributed by atoms with E-state index in [9.17, 15) is 9.59 Å². The normalized spacial score (nSPS) is 10.8. The molecule has 0 radical (unpaired) electrons. The molecule has 3 aromatic carbocycles. The molecule has 0 aliphatic heterocycles. The lowest BCUT2D eigenvalue weighted by Crippen LogP contribution is -2.26. The van der Waals surface area contributed by atoms with Gasteiger partial charge in [-0.1, -0.05) is 29.8 Å². The van der Waals surface area contributed by atoms with Gasteiger partial charge in [0, 0.05) is 41.9 Å². The second-order valence-electron chi connectivity index (χ2n) is 7.12. The van der Waals surface area contributed by atoms with Crippen LogP contribution in [0.15, 0.2) is 72.8 Å². The highest BCUT2D eigenvalue weighted by atomic mass is 35.5. The molecular weight excluding hydrogens is 412 g/mol. The number of rotatable bonds is 6. The van der Waals surface area contributed by atoms with Gasteiger partial charge in [0.2, 0.25) is 0 Å². The van der Waals surface area contributed by atoms with Crippen LogP contribution < -0.4 is 10.6 Å². The molecule has 31 heavy (non-hydrogen) atoms. The van der Waals surface area contributed by atoms with Gasteiger partial charge in [0.05, 0.1) is 11.0 Å². The van der Waals surface area contributed by atoms with Crippen LogP contribution in [0.3, 0.4) is 0 Å². The number of imidazole rings is 1. The molecule has 0 spiro atoms. The minimum absolute atomic E-state index is 0.105. The van der Waals surface area contributed by atoms with Gasteiger partial charge in [-0.05, 0) is 54.6 Å². The smallest absolute Gasteiger partial charge is 0.255 e. The van der Waals surface area contributed by atoms with Crippen LogP contribution in [0.5, 0.6) is 0 Å². The second kappa shape index (κ2) is 9.02. The number of hydrogen-bond donors (Lipinski definition) is 2. The fraction of sp³-hybridized carbons (Fsp3) is 0.125.